The topological polar surface area (TPSA) is 113 Å². The second kappa shape index (κ2) is 11.6. The minimum Gasteiger partial charge on any atom is -0.493 e. The zero-order chi connectivity index (χ0) is 21.1. The number of carbonyl (C=O) groups is 3. The fourth-order valence-corrected chi connectivity index (χ4v) is 2.10. The molecule has 1 aromatic rings. The first kappa shape index (κ1) is 22.9. The smallest absolute Gasteiger partial charge is 0.328 e. The molecule has 2 atom stereocenters. The minimum atomic E-state index is -0.909. The molecule has 1 amide bonds. The molecular weight excluding hydrogens is 368 g/mol. The van der Waals surface area contributed by atoms with Gasteiger partial charge < -0.3 is 24.3 Å². The van der Waals surface area contributed by atoms with Gasteiger partial charge in [0.05, 0.1) is 13.2 Å². The summed E-state index contributed by atoms with van der Waals surface area (Å²) in [5.41, 5.74) is -0.120. The number of carbonyl (C=O) groups excluding carboxylic acids is 3. The van der Waals surface area contributed by atoms with Gasteiger partial charge in [-0.15, -0.1) is 6.58 Å². The largest absolute Gasteiger partial charge is 0.493 e. The number of pyridine rings is 1. The van der Waals surface area contributed by atoms with E-state index < -0.39 is 30.7 Å². The maximum absolute atomic E-state index is 12.6. The third-order valence-electron chi connectivity index (χ3n) is 3.56. The van der Waals surface area contributed by atoms with Crippen LogP contribution in [0.25, 0.3) is 0 Å². The third kappa shape index (κ3) is 7.26. The quantitative estimate of drug-likeness (QED) is 0.344. The molecule has 0 fully saturated rings. The predicted molar refractivity (Wildman–Crippen MR) is 100.0 cm³/mol. The van der Waals surface area contributed by atoms with Crippen LogP contribution in [-0.4, -0.2) is 48.9 Å². The first-order valence-electron chi connectivity index (χ1n) is 8.71. The van der Waals surface area contributed by atoms with E-state index in [4.69, 9.17) is 18.9 Å². The third-order valence-corrected chi connectivity index (χ3v) is 3.56. The lowest BCUT2D eigenvalue weighted by Crippen LogP contribution is -2.41. The van der Waals surface area contributed by atoms with Crippen molar-refractivity contribution in [2.75, 3.05) is 13.9 Å². The van der Waals surface area contributed by atoms with E-state index in [-0.39, 0.29) is 23.3 Å². The summed E-state index contributed by atoms with van der Waals surface area (Å²) in [7, 11) is 1.39. The lowest BCUT2D eigenvalue weighted by atomic mass is 10.2. The van der Waals surface area contributed by atoms with Crippen LogP contribution < -0.4 is 14.8 Å². The van der Waals surface area contributed by atoms with Gasteiger partial charge in [-0.1, -0.05) is 6.08 Å². The zero-order valence-corrected chi connectivity index (χ0v) is 16.5. The van der Waals surface area contributed by atoms with Gasteiger partial charge in [-0.3, -0.25) is 9.59 Å². The molecule has 0 unspecified atom stereocenters. The highest BCUT2D eigenvalue weighted by atomic mass is 16.7. The number of amides is 1. The summed E-state index contributed by atoms with van der Waals surface area (Å²) >= 11 is 0. The highest BCUT2D eigenvalue weighted by Crippen LogP contribution is 2.29. The maximum Gasteiger partial charge on any atom is 0.328 e. The maximum atomic E-state index is 12.6. The zero-order valence-electron chi connectivity index (χ0n) is 16.5. The van der Waals surface area contributed by atoms with Crippen LogP contribution >= 0.6 is 0 Å². The van der Waals surface area contributed by atoms with Crippen LogP contribution in [0.4, 0.5) is 0 Å². The standard InChI is InChI=1S/C19H26N2O7/c1-6-7-8-12(2)28-19(24)13(3)21-18(23)16-17(27-11-26-14(4)22)15(25-5)9-10-20-16/h6,9-10,12-13H,1,7-8,11H2,2-5H3,(H,21,23)/t12-,13-/m0/s1. The first-order chi connectivity index (χ1) is 13.3. The summed E-state index contributed by atoms with van der Waals surface area (Å²) < 4.78 is 20.5. The van der Waals surface area contributed by atoms with E-state index in [1.54, 1.807) is 13.0 Å². The Morgan fingerprint density at radius 1 is 1.32 bits per heavy atom. The number of ether oxygens (including phenoxy) is 4. The van der Waals surface area contributed by atoms with Crippen LogP contribution in [0.3, 0.4) is 0 Å². The van der Waals surface area contributed by atoms with Crippen LogP contribution in [-0.2, 0) is 19.1 Å². The molecule has 0 aliphatic rings. The van der Waals surface area contributed by atoms with Gasteiger partial charge in [0, 0.05) is 19.2 Å². The summed E-state index contributed by atoms with van der Waals surface area (Å²) in [6, 6.07) is 0.576. The van der Waals surface area contributed by atoms with Gasteiger partial charge in [0.25, 0.3) is 5.91 Å². The molecule has 0 bridgehead atoms. The molecule has 28 heavy (non-hydrogen) atoms. The normalized spacial score (nSPS) is 12.3. The van der Waals surface area contributed by atoms with E-state index in [1.165, 1.54) is 33.2 Å². The molecule has 9 nitrogen and oxygen atoms in total. The van der Waals surface area contributed by atoms with E-state index in [1.807, 2.05) is 0 Å². The number of hydrogen-bond donors (Lipinski definition) is 1. The molecule has 9 heteroatoms. The van der Waals surface area contributed by atoms with E-state index in [0.717, 1.165) is 0 Å². The molecule has 0 aliphatic carbocycles. The van der Waals surface area contributed by atoms with Crippen molar-refractivity contribution in [2.45, 2.75) is 45.8 Å². The Balaban J connectivity index is 2.83. The number of methoxy groups -OCH3 is 1. The number of rotatable bonds is 11. The Labute approximate surface area is 164 Å². The number of nitrogens with one attached hydrogen (secondary N) is 1. The van der Waals surface area contributed by atoms with E-state index in [0.29, 0.717) is 12.8 Å². The van der Waals surface area contributed by atoms with Gasteiger partial charge in [-0.2, -0.15) is 0 Å². The van der Waals surface area contributed by atoms with Gasteiger partial charge in [0.15, 0.2) is 17.2 Å². The van der Waals surface area contributed by atoms with Gasteiger partial charge in [0.2, 0.25) is 6.79 Å². The van der Waals surface area contributed by atoms with Crippen LogP contribution in [0.5, 0.6) is 11.5 Å². The van der Waals surface area contributed by atoms with Gasteiger partial charge in [0.1, 0.15) is 6.04 Å². The van der Waals surface area contributed by atoms with Crippen molar-refractivity contribution in [1.29, 1.82) is 0 Å². The Hall–Kier alpha value is -3.10. The molecular formula is C19H26N2O7. The molecule has 0 saturated heterocycles. The summed E-state index contributed by atoms with van der Waals surface area (Å²) in [5.74, 6) is -1.57. The Morgan fingerprint density at radius 2 is 2.04 bits per heavy atom. The lowest BCUT2D eigenvalue weighted by molar-refractivity contribution is -0.150. The number of allylic oxidation sites excluding steroid dienone is 1. The number of aromatic nitrogens is 1. The lowest BCUT2D eigenvalue weighted by Gasteiger charge is -2.18. The first-order valence-corrected chi connectivity index (χ1v) is 8.71. The van der Waals surface area contributed by atoms with Gasteiger partial charge >= 0.3 is 11.9 Å². The molecule has 1 aromatic heterocycles. The average Bonchev–Trinajstić information content (AvgIpc) is 2.65. The average molecular weight is 394 g/mol. The molecule has 154 valence electrons. The van der Waals surface area contributed by atoms with Crippen LogP contribution in [0.2, 0.25) is 0 Å². The van der Waals surface area contributed by atoms with E-state index in [2.05, 4.69) is 16.9 Å². The van der Waals surface area contributed by atoms with Gasteiger partial charge in [-0.25, -0.2) is 9.78 Å². The van der Waals surface area contributed by atoms with E-state index in [9.17, 15) is 14.4 Å². The predicted octanol–water partition coefficient (Wildman–Crippen LogP) is 2.01. The Morgan fingerprint density at radius 3 is 2.64 bits per heavy atom. The monoisotopic (exact) mass is 394 g/mol. The fourth-order valence-electron chi connectivity index (χ4n) is 2.10. The molecule has 1 heterocycles. The van der Waals surface area contributed by atoms with Crippen LogP contribution in [0, 0.1) is 0 Å². The van der Waals surface area contributed by atoms with Gasteiger partial charge in [-0.05, 0) is 26.7 Å². The van der Waals surface area contributed by atoms with Crippen molar-refractivity contribution in [3.63, 3.8) is 0 Å². The summed E-state index contributed by atoms with van der Waals surface area (Å²) in [4.78, 5) is 39.6. The summed E-state index contributed by atoms with van der Waals surface area (Å²) in [5, 5.41) is 2.51. The SMILES string of the molecule is C=CCC[C@H](C)OC(=O)[C@H](C)NC(=O)c1nccc(OC)c1OCOC(C)=O. The van der Waals surface area contributed by atoms with Crippen LogP contribution in [0.1, 0.15) is 44.1 Å². The Kier molecular flexibility index (Phi) is 9.49. The second-order valence-corrected chi connectivity index (χ2v) is 5.90. The van der Waals surface area contributed by atoms with Crippen molar-refractivity contribution >= 4 is 17.8 Å². The minimum absolute atomic E-state index is 0.0105. The molecule has 0 spiro atoms. The highest BCUT2D eigenvalue weighted by molar-refractivity contribution is 5.98. The molecule has 0 aromatic carbocycles. The fraction of sp³-hybridized carbons (Fsp3) is 0.474. The highest BCUT2D eigenvalue weighted by Gasteiger charge is 2.24. The summed E-state index contributed by atoms with van der Waals surface area (Å²) in [6.07, 6.45) is 4.14. The van der Waals surface area contributed by atoms with Crippen molar-refractivity contribution in [1.82, 2.24) is 10.3 Å². The molecule has 1 N–H and O–H groups in total. The van der Waals surface area contributed by atoms with Crippen LogP contribution in [0.15, 0.2) is 24.9 Å². The summed E-state index contributed by atoms with van der Waals surface area (Å²) in [6.45, 7) is 7.69. The number of esters is 2. The molecule has 0 aliphatic heterocycles. The number of nitrogens with zero attached hydrogens (tertiary/aromatic N) is 1. The molecule has 1 rings (SSSR count). The van der Waals surface area contributed by atoms with E-state index >= 15 is 0 Å². The molecule has 0 radical (unpaired) electrons. The van der Waals surface area contributed by atoms with Crippen molar-refractivity contribution < 1.29 is 33.3 Å². The Bertz CT molecular complexity index is 706. The second-order valence-electron chi connectivity index (χ2n) is 5.90. The van der Waals surface area contributed by atoms with Crippen molar-refractivity contribution in [3.05, 3.63) is 30.6 Å². The molecule has 0 saturated carbocycles. The van der Waals surface area contributed by atoms with Crippen molar-refractivity contribution in [2.24, 2.45) is 0 Å². The van der Waals surface area contributed by atoms with Crippen molar-refractivity contribution in [3.8, 4) is 11.5 Å². The number of hydrogen-bond acceptors (Lipinski definition) is 8.